The smallest absolute Gasteiger partial charge is 0.342 e. The van der Waals surface area contributed by atoms with Crippen LogP contribution in [0.15, 0.2) is 78.9 Å². The molecule has 0 radical (unpaired) electrons. The van der Waals surface area contributed by atoms with Gasteiger partial charge in [0.05, 0.1) is 28.4 Å². The summed E-state index contributed by atoms with van der Waals surface area (Å²) in [4.78, 5) is 35.0. The van der Waals surface area contributed by atoms with E-state index in [2.05, 4.69) is 49.8 Å². The molecule has 0 spiro atoms. The van der Waals surface area contributed by atoms with Gasteiger partial charge >= 0.3 is 26.2 Å². The van der Waals surface area contributed by atoms with Crippen LogP contribution in [0, 0.1) is 41.5 Å². The van der Waals surface area contributed by atoms with Gasteiger partial charge in [-0.25, -0.2) is 14.4 Å². The van der Waals surface area contributed by atoms with Gasteiger partial charge in [-0.1, -0.05) is 81.4 Å². The third-order valence-corrected chi connectivity index (χ3v) is 15.1. The van der Waals surface area contributed by atoms with Crippen molar-refractivity contribution in [1.82, 2.24) is 0 Å². The van der Waals surface area contributed by atoms with Crippen molar-refractivity contribution < 1.29 is 58.2 Å². The molecule has 5 aromatic rings. The van der Waals surface area contributed by atoms with Gasteiger partial charge in [0, 0.05) is 16.7 Å². The molecule has 0 amide bonds. The van der Waals surface area contributed by atoms with Crippen LogP contribution >= 0.6 is 0 Å². The topological polar surface area (TPSA) is 178 Å². The van der Waals surface area contributed by atoms with E-state index < -0.39 is 26.2 Å². The van der Waals surface area contributed by atoms with Crippen molar-refractivity contribution in [3.8, 4) is 34.5 Å². The molecule has 0 heterocycles. The minimum absolute atomic E-state index is 0.00296. The number of aryl methyl sites for hydroxylation is 3. The number of phenolic OH excluding ortho intramolecular Hbond substituents is 3. The van der Waals surface area contributed by atoms with Gasteiger partial charge < -0.3 is 43.8 Å². The highest BCUT2D eigenvalue weighted by Gasteiger charge is 2.52. The second-order valence-corrected chi connectivity index (χ2v) is 19.3. The lowest BCUT2D eigenvalue weighted by molar-refractivity contribution is 0.0587. The minimum Gasteiger partial charge on any atom is -0.533 e. The van der Waals surface area contributed by atoms with Crippen molar-refractivity contribution in [3.05, 3.63) is 129 Å². The summed E-state index contributed by atoms with van der Waals surface area (Å²) in [6, 6.07) is 25.2. The Morgan fingerprint density at radius 2 is 0.983 bits per heavy atom. The lowest BCUT2D eigenvalue weighted by Gasteiger charge is -2.43. The molecule has 0 aliphatic heterocycles. The maximum absolute atomic E-state index is 12.7. The number of esters is 2. The lowest BCUT2D eigenvalue weighted by atomic mass is 10.0. The zero-order valence-electron chi connectivity index (χ0n) is 36.6. The Balaban J connectivity index is 0.000000275. The first-order valence-corrected chi connectivity index (χ1v) is 20.8. The summed E-state index contributed by atoms with van der Waals surface area (Å²) in [5, 5.41) is 40.5. The van der Waals surface area contributed by atoms with Crippen LogP contribution < -0.4 is 24.3 Å². The third kappa shape index (κ3) is 9.86. The molecular weight excluding hydrogens is 785 g/mol. The predicted molar refractivity (Wildman–Crippen MR) is 234 cm³/mol. The zero-order chi connectivity index (χ0) is 45.3. The largest absolute Gasteiger partial charge is 0.533 e. The van der Waals surface area contributed by atoms with Gasteiger partial charge in [-0.3, -0.25) is 0 Å². The fraction of sp³-hybridized carbons (Fsp3) is 0.298. The van der Waals surface area contributed by atoms with E-state index in [1.54, 1.807) is 39.8 Å². The molecule has 12 nitrogen and oxygen atoms in total. The van der Waals surface area contributed by atoms with Gasteiger partial charge in [-0.05, 0) is 91.8 Å². The first-order valence-electron chi connectivity index (χ1n) is 18.9. The van der Waals surface area contributed by atoms with E-state index in [0.717, 1.165) is 15.9 Å². The number of rotatable bonds is 9. The lowest BCUT2D eigenvalue weighted by Crippen LogP contribution is -2.69. The van der Waals surface area contributed by atoms with Crippen LogP contribution in [-0.4, -0.2) is 75.1 Å². The number of aromatic carboxylic acids is 1. The van der Waals surface area contributed by atoms with Crippen molar-refractivity contribution in [2.75, 3.05) is 28.4 Å². The van der Waals surface area contributed by atoms with E-state index in [9.17, 15) is 29.7 Å². The predicted octanol–water partition coefficient (Wildman–Crippen LogP) is 8.25. The molecule has 0 aliphatic rings. The number of carboxylic acids is 1. The summed E-state index contributed by atoms with van der Waals surface area (Å²) in [6.07, 6.45) is 0. The Labute approximate surface area is 353 Å². The van der Waals surface area contributed by atoms with Crippen LogP contribution in [0.3, 0.4) is 0 Å². The molecule has 5 rings (SSSR count). The number of benzene rings is 5. The molecule has 0 aliphatic carbocycles. The van der Waals surface area contributed by atoms with Gasteiger partial charge in [-0.2, -0.15) is 0 Å². The maximum Gasteiger partial charge on any atom is 0.342 e. The van der Waals surface area contributed by atoms with E-state index in [1.807, 2.05) is 50.2 Å². The minimum atomic E-state index is -2.93. The molecule has 0 saturated heterocycles. The van der Waals surface area contributed by atoms with E-state index in [0.29, 0.717) is 45.1 Å². The Hall–Kier alpha value is -6.47. The summed E-state index contributed by atoms with van der Waals surface area (Å²) in [5.41, 5.74) is 3.83. The highest BCUT2D eigenvalue weighted by molar-refractivity contribution is 7.00. The van der Waals surface area contributed by atoms with Gasteiger partial charge in [0.15, 0.2) is 0 Å². The molecule has 0 fully saturated rings. The van der Waals surface area contributed by atoms with E-state index in [-0.39, 0.29) is 39.0 Å². The molecule has 13 heteroatoms. The molecule has 0 aromatic heterocycles. The standard InChI is InChI=1S/C26H30O4Si.C11H14O4.C10H12O4/c1-18-17-22(23(25(28)29-6)19(2)24(18)27)30-31(26(3,4)5,20-13-9-7-10-14-20)21-15-11-8-12-16-21;1-6-5-8(14-3)9(11(12)13)7(2)10(6)15-4;1-5-4-7(11)8(10(13)14-3)6(2)9(5)12/h7-17,27H,1-6H3;5H,1-4H3,(H,12,13);4,11-12H,1-3H3. The molecule has 0 saturated carbocycles. The van der Waals surface area contributed by atoms with E-state index in [4.69, 9.17) is 23.7 Å². The van der Waals surface area contributed by atoms with Crippen LogP contribution in [0.1, 0.15) is 85.2 Å². The van der Waals surface area contributed by atoms with Gasteiger partial charge in [0.1, 0.15) is 51.2 Å². The summed E-state index contributed by atoms with van der Waals surface area (Å²) in [7, 11) is 2.60. The van der Waals surface area contributed by atoms with Crippen LogP contribution in [0.5, 0.6) is 34.5 Å². The van der Waals surface area contributed by atoms with Crippen molar-refractivity contribution in [2.24, 2.45) is 0 Å². The fourth-order valence-corrected chi connectivity index (χ4v) is 11.6. The quantitative estimate of drug-likeness (QED) is 0.0636. The Morgan fingerprint density at radius 3 is 1.40 bits per heavy atom. The second-order valence-electron chi connectivity index (χ2n) is 15.1. The van der Waals surface area contributed by atoms with Crippen molar-refractivity contribution >= 4 is 36.6 Å². The zero-order valence-corrected chi connectivity index (χ0v) is 37.6. The van der Waals surface area contributed by atoms with Gasteiger partial charge in [0.25, 0.3) is 0 Å². The summed E-state index contributed by atoms with van der Waals surface area (Å²) < 4.78 is 26.7. The first-order chi connectivity index (χ1) is 28.1. The van der Waals surface area contributed by atoms with Crippen molar-refractivity contribution in [3.63, 3.8) is 0 Å². The number of ether oxygens (including phenoxy) is 4. The second kappa shape index (κ2) is 20.0. The van der Waals surface area contributed by atoms with Crippen LogP contribution in [-0.2, 0) is 9.47 Å². The third-order valence-electron chi connectivity index (χ3n) is 10.2. The first kappa shape index (κ1) is 47.9. The fourth-order valence-electron chi connectivity index (χ4n) is 7.17. The molecule has 0 unspecified atom stereocenters. The average molecular weight is 841 g/mol. The number of methoxy groups -OCH3 is 4. The van der Waals surface area contributed by atoms with Crippen molar-refractivity contribution in [1.29, 1.82) is 0 Å². The highest BCUT2D eigenvalue weighted by Crippen LogP contribution is 2.41. The Bertz CT molecular complexity index is 2290. The number of carbonyl (C=O) groups excluding carboxylic acids is 2. The van der Waals surface area contributed by atoms with Gasteiger partial charge in [-0.15, -0.1) is 0 Å². The highest BCUT2D eigenvalue weighted by atomic mass is 28.4. The van der Waals surface area contributed by atoms with Crippen molar-refractivity contribution in [2.45, 2.75) is 67.4 Å². The van der Waals surface area contributed by atoms with Crippen LogP contribution in [0.4, 0.5) is 0 Å². The summed E-state index contributed by atoms with van der Waals surface area (Å²) in [5.74, 6) is -0.901. The number of hydrogen-bond donors (Lipinski definition) is 4. The number of phenols is 3. The van der Waals surface area contributed by atoms with E-state index in [1.165, 1.54) is 34.5 Å². The normalized spacial score (nSPS) is 10.9. The molecule has 4 N–H and O–H groups in total. The molecule has 0 bridgehead atoms. The maximum atomic E-state index is 12.7. The Morgan fingerprint density at radius 1 is 0.550 bits per heavy atom. The van der Waals surface area contributed by atoms with Crippen LogP contribution in [0.25, 0.3) is 0 Å². The number of carbonyl (C=O) groups is 3. The molecular formula is C47H56O12Si. The summed E-state index contributed by atoms with van der Waals surface area (Å²) >= 11 is 0. The van der Waals surface area contributed by atoms with E-state index >= 15 is 0 Å². The van der Waals surface area contributed by atoms with Crippen LogP contribution in [0.2, 0.25) is 5.04 Å². The molecule has 320 valence electrons. The number of hydrogen-bond acceptors (Lipinski definition) is 11. The molecule has 5 aromatic carbocycles. The summed E-state index contributed by atoms with van der Waals surface area (Å²) in [6.45, 7) is 16.8. The average Bonchev–Trinajstić information content (AvgIpc) is 3.21. The SMILES string of the molecule is COC(=O)c1c(O)cc(C)c(O)c1C.COC(=O)c1c(O[Si](c2ccccc2)(c2ccccc2)C(C)(C)C)cc(C)c(O)c1C.COc1cc(C)c(OC)c(C)c1C(=O)O. The number of aromatic hydroxyl groups is 3. The number of carboxylic acid groups (broad SMARTS) is 1. The monoisotopic (exact) mass is 840 g/mol. The molecule has 0 atom stereocenters. The Kier molecular flexibility index (Phi) is 16.0. The van der Waals surface area contributed by atoms with Gasteiger partial charge in [0.2, 0.25) is 0 Å². The molecule has 60 heavy (non-hydrogen) atoms.